The summed E-state index contributed by atoms with van der Waals surface area (Å²) in [6, 6.07) is 7.49. The summed E-state index contributed by atoms with van der Waals surface area (Å²) in [6.45, 7) is 0.734. The number of carbonyl (C=O) groups excluding carboxylic acids is 1. The van der Waals surface area contributed by atoms with Gasteiger partial charge >= 0.3 is 6.09 Å². The normalized spacial score (nSPS) is 23.5. The number of aliphatic hydroxyl groups is 2. The Hall–Kier alpha value is -1.83. The highest BCUT2D eigenvalue weighted by Crippen LogP contribution is 2.19. The van der Waals surface area contributed by atoms with Gasteiger partial charge in [-0.25, -0.2) is 4.79 Å². The number of hydrogen-bond donors (Lipinski definition) is 4. The van der Waals surface area contributed by atoms with Crippen molar-refractivity contribution in [2.24, 2.45) is 0 Å². The topological polar surface area (TPSA) is 100 Å². The zero-order valence-electron chi connectivity index (χ0n) is 13.2. The standard InChI is InChI=1S/C16H24N2O5/c1-22-12-5-3-11(4-6-12)9-13-15(14(20)10-18-13)23-16(21)17-7-2-8-19/h3-6,13-15,18-20H,2,7-10H2,1H3,(H,17,21)/t13-,14+,15+/m1/s1. The highest BCUT2D eigenvalue weighted by Gasteiger charge is 2.37. The molecule has 0 unspecified atom stereocenters. The number of carbonyl (C=O) groups is 1. The number of aliphatic hydroxyl groups excluding tert-OH is 2. The molecule has 23 heavy (non-hydrogen) atoms. The third kappa shape index (κ3) is 5.09. The Kier molecular flexibility index (Phi) is 6.64. The molecule has 2 rings (SSSR count). The van der Waals surface area contributed by atoms with Crippen LogP contribution in [-0.2, 0) is 11.2 Å². The summed E-state index contributed by atoms with van der Waals surface area (Å²) in [4.78, 5) is 11.7. The monoisotopic (exact) mass is 324 g/mol. The maximum atomic E-state index is 11.7. The van der Waals surface area contributed by atoms with Crippen LogP contribution in [0.1, 0.15) is 12.0 Å². The van der Waals surface area contributed by atoms with Gasteiger partial charge in [0.2, 0.25) is 0 Å². The lowest BCUT2D eigenvalue weighted by atomic mass is 10.0. The molecule has 1 saturated heterocycles. The first-order chi connectivity index (χ1) is 11.1. The molecule has 128 valence electrons. The van der Waals surface area contributed by atoms with Gasteiger partial charge in [-0.15, -0.1) is 0 Å². The number of amides is 1. The quantitative estimate of drug-likeness (QED) is 0.529. The number of alkyl carbamates (subject to hydrolysis) is 1. The maximum absolute atomic E-state index is 11.7. The molecule has 0 bridgehead atoms. The molecule has 1 aromatic carbocycles. The molecular formula is C16H24N2O5. The fourth-order valence-electron chi connectivity index (χ4n) is 2.57. The van der Waals surface area contributed by atoms with Crippen LogP contribution in [0.5, 0.6) is 5.75 Å². The summed E-state index contributed by atoms with van der Waals surface area (Å²) in [5.74, 6) is 0.782. The van der Waals surface area contributed by atoms with E-state index in [2.05, 4.69) is 10.6 Å². The molecule has 0 aromatic heterocycles. The van der Waals surface area contributed by atoms with Crippen molar-refractivity contribution in [1.29, 1.82) is 0 Å². The lowest BCUT2D eigenvalue weighted by molar-refractivity contribution is 0.0189. The highest BCUT2D eigenvalue weighted by molar-refractivity contribution is 5.67. The Morgan fingerprint density at radius 2 is 2.13 bits per heavy atom. The van der Waals surface area contributed by atoms with Gasteiger partial charge < -0.3 is 30.3 Å². The number of benzene rings is 1. The van der Waals surface area contributed by atoms with E-state index in [1.165, 1.54) is 0 Å². The number of β-amino-alcohol motifs (C(OH)–C–C–N with tert-alkyl or cyclic N) is 1. The summed E-state index contributed by atoms with van der Waals surface area (Å²) in [7, 11) is 1.61. The van der Waals surface area contributed by atoms with Gasteiger partial charge in [0.25, 0.3) is 0 Å². The largest absolute Gasteiger partial charge is 0.497 e. The number of ether oxygens (including phenoxy) is 2. The van der Waals surface area contributed by atoms with E-state index in [0.717, 1.165) is 11.3 Å². The summed E-state index contributed by atoms with van der Waals surface area (Å²) >= 11 is 0. The van der Waals surface area contributed by atoms with Crippen molar-refractivity contribution in [3.8, 4) is 5.75 Å². The second-order valence-electron chi connectivity index (χ2n) is 5.51. The molecule has 0 spiro atoms. The van der Waals surface area contributed by atoms with Crippen molar-refractivity contribution in [2.45, 2.75) is 31.1 Å². The SMILES string of the molecule is COc1ccc(C[C@H]2NC[C@H](O)[C@H]2OC(=O)NCCCO)cc1. The summed E-state index contributed by atoms with van der Waals surface area (Å²) in [5, 5.41) is 24.4. The molecule has 7 nitrogen and oxygen atoms in total. The van der Waals surface area contributed by atoms with Crippen LogP contribution < -0.4 is 15.4 Å². The van der Waals surface area contributed by atoms with Crippen LogP contribution >= 0.6 is 0 Å². The minimum atomic E-state index is -0.734. The molecule has 0 aliphatic carbocycles. The van der Waals surface area contributed by atoms with Gasteiger partial charge in [-0.1, -0.05) is 12.1 Å². The molecule has 1 heterocycles. The van der Waals surface area contributed by atoms with E-state index in [1.807, 2.05) is 24.3 Å². The predicted molar refractivity (Wildman–Crippen MR) is 84.5 cm³/mol. The third-order valence-corrected chi connectivity index (χ3v) is 3.83. The van der Waals surface area contributed by atoms with Gasteiger partial charge in [0.1, 0.15) is 18.0 Å². The molecular weight excluding hydrogens is 300 g/mol. The fourth-order valence-corrected chi connectivity index (χ4v) is 2.57. The van der Waals surface area contributed by atoms with E-state index in [1.54, 1.807) is 7.11 Å². The van der Waals surface area contributed by atoms with Crippen molar-refractivity contribution < 1.29 is 24.5 Å². The van der Waals surface area contributed by atoms with Crippen molar-refractivity contribution in [1.82, 2.24) is 10.6 Å². The van der Waals surface area contributed by atoms with Gasteiger partial charge in [-0.3, -0.25) is 0 Å². The Balaban J connectivity index is 1.90. The Morgan fingerprint density at radius 3 is 2.78 bits per heavy atom. The minimum Gasteiger partial charge on any atom is -0.497 e. The highest BCUT2D eigenvalue weighted by atomic mass is 16.6. The summed E-state index contributed by atoms with van der Waals surface area (Å²) in [5.41, 5.74) is 1.06. The van der Waals surface area contributed by atoms with Crippen LogP contribution in [-0.4, -0.2) is 61.4 Å². The molecule has 1 fully saturated rings. The number of nitrogens with one attached hydrogen (secondary N) is 2. The summed E-state index contributed by atoms with van der Waals surface area (Å²) in [6.07, 6.45) is -0.815. The van der Waals surface area contributed by atoms with Gasteiger partial charge in [-0.05, 0) is 30.5 Å². The van der Waals surface area contributed by atoms with Crippen LogP contribution in [0, 0.1) is 0 Å². The lowest BCUT2D eigenvalue weighted by Crippen LogP contribution is -2.41. The first-order valence-electron chi connectivity index (χ1n) is 7.73. The smallest absolute Gasteiger partial charge is 0.407 e. The van der Waals surface area contributed by atoms with Crippen LogP contribution in [0.25, 0.3) is 0 Å². The number of methoxy groups -OCH3 is 1. The van der Waals surface area contributed by atoms with Gasteiger partial charge in [-0.2, -0.15) is 0 Å². The van der Waals surface area contributed by atoms with Crippen molar-refractivity contribution in [3.05, 3.63) is 29.8 Å². The van der Waals surface area contributed by atoms with Crippen LogP contribution in [0.15, 0.2) is 24.3 Å². The minimum absolute atomic E-state index is 0.00792. The first kappa shape index (κ1) is 17.5. The van der Waals surface area contributed by atoms with Crippen molar-refractivity contribution in [2.75, 3.05) is 26.8 Å². The van der Waals surface area contributed by atoms with E-state index in [9.17, 15) is 9.90 Å². The van der Waals surface area contributed by atoms with Crippen molar-refractivity contribution in [3.63, 3.8) is 0 Å². The van der Waals surface area contributed by atoms with Gasteiger partial charge in [0.15, 0.2) is 0 Å². The first-order valence-corrected chi connectivity index (χ1v) is 7.73. The fraction of sp³-hybridized carbons (Fsp3) is 0.562. The Bertz CT molecular complexity index is 494. The average Bonchev–Trinajstić information content (AvgIpc) is 2.89. The number of rotatable bonds is 7. The molecule has 1 aromatic rings. The molecule has 0 radical (unpaired) electrons. The van der Waals surface area contributed by atoms with E-state index in [4.69, 9.17) is 14.6 Å². The second kappa shape index (κ2) is 8.71. The predicted octanol–water partition coefficient (Wildman–Crippen LogP) is 0.0476. The van der Waals surface area contributed by atoms with Gasteiger partial charge in [0, 0.05) is 19.7 Å². The van der Waals surface area contributed by atoms with Crippen LogP contribution in [0.4, 0.5) is 4.79 Å². The van der Waals surface area contributed by atoms with Crippen molar-refractivity contribution >= 4 is 6.09 Å². The van der Waals surface area contributed by atoms with Gasteiger partial charge in [0.05, 0.1) is 13.2 Å². The summed E-state index contributed by atoms with van der Waals surface area (Å²) < 4.78 is 10.5. The van der Waals surface area contributed by atoms with E-state index in [-0.39, 0.29) is 12.6 Å². The second-order valence-corrected chi connectivity index (χ2v) is 5.51. The third-order valence-electron chi connectivity index (χ3n) is 3.83. The molecule has 0 saturated carbocycles. The molecule has 1 amide bonds. The zero-order valence-corrected chi connectivity index (χ0v) is 13.2. The van der Waals surface area contributed by atoms with E-state index >= 15 is 0 Å². The average molecular weight is 324 g/mol. The Labute approximate surface area is 135 Å². The zero-order chi connectivity index (χ0) is 16.7. The molecule has 4 N–H and O–H groups in total. The molecule has 7 heteroatoms. The van der Waals surface area contributed by atoms with Crippen LogP contribution in [0.3, 0.4) is 0 Å². The van der Waals surface area contributed by atoms with Crippen LogP contribution in [0.2, 0.25) is 0 Å². The maximum Gasteiger partial charge on any atom is 0.407 e. The molecule has 1 aliphatic rings. The molecule has 1 aliphatic heterocycles. The lowest BCUT2D eigenvalue weighted by Gasteiger charge is -2.22. The molecule has 3 atom stereocenters. The number of hydrogen-bond acceptors (Lipinski definition) is 6. The van der Waals surface area contributed by atoms with E-state index < -0.39 is 18.3 Å². The Morgan fingerprint density at radius 1 is 1.39 bits per heavy atom. The van der Waals surface area contributed by atoms with E-state index in [0.29, 0.717) is 25.9 Å².